The van der Waals surface area contributed by atoms with Crippen LogP contribution in [0.25, 0.3) is 11.1 Å². The molecule has 33 heavy (non-hydrogen) atoms. The van der Waals surface area contributed by atoms with Crippen LogP contribution in [0, 0.1) is 6.92 Å². The van der Waals surface area contributed by atoms with Gasteiger partial charge in [-0.2, -0.15) is 0 Å². The summed E-state index contributed by atoms with van der Waals surface area (Å²) in [6, 6.07) is 21.3. The average molecular weight is 444 g/mol. The molecule has 1 aliphatic heterocycles. The molecule has 0 aliphatic carbocycles. The number of carbonyl (C=O) groups is 1. The molecule has 1 atom stereocenters. The second-order valence-corrected chi connectivity index (χ2v) is 9.13. The Hall–Kier alpha value is -3.18. The molecule has 0 amide bonds. The zero-order chi connectivity index (χ0) is 23.4. The maximum atomic E-state index is 12.6. The Balaban J connectivity index is 1.44. The lowest BCUT2D eigenvalue weighted by Gasteiger charge is -2.27. The molecule has 0 spiro atoms. The van der Waals surface area contributed by atoms with E-state index in [9.17, 15) is 4.79 Å². The van der Waals surface area contributed by atoms with Gasteiger partial charge < -0.3 is 9.64 Å². The molecular weight excluding hydrogens is 410 g/mol. The van der Waals surface area contributed by atoms with Crippen molar-refractivity contribution in [2.75, 3.05) is 25.0 Å². The number of nitrogens with zero attached hydrogens (tertiary/aromatic N) is 3. The first kappa shape index (κ1) is 23.0. The number of esters is 1. The molecule has 0 saturated carbocycles. The fourth-order valence-electron chi connectivity index (χ4n) is 4.55. The van der Waals surface area contributed by atoms with Gasteiger partial charge in [0.2, 0.25) is 0 Å². The molecule has 1 fully saturated rings. The van der Waals surface area contributed by atoms with E-state index in [1.54, 1.807) is 18.3 Å². The van der Waals surface area contributed by atoms with Crippen molar-refractivity contribution < 1.29 is 9.53 Å². The number of likely N-dealkylation sites (tertiary alicyclic amines) is 1. The number of anilines is 1. The van der Waals surface area contributed by atoms with Crippen LogP contribution >= 0.6 is 0 Å². The molecular formula is C28H33N3O2. The van der Waals surface area contributed by atoms with E-state index in [0.29, 0.717) is 17.4 Å². The first-order valence-corrected chi connectivity index (χ1v) is 11.7. The zero-order valence-corrected chi connectivity index (χ0v) is 20.0. The maximum absolute atomic E-state index is 12.6. The molecule has 0 unspecified atom stereocenters. The molecule has 1 aliphatic rings. The van der Waals surface area contributed by atoms with E-state index >= 15 is 0 Å². The summed E-state index contributed by atoms with van der Waals surface area (Å²) in [4.78, 5) is 21.7. The quantitative estimate of drug-likeness (QED) is 0.462. The summed E-state index contributed by atoms with van der Waals surface area (Å²) in [6.45, 7) is 8.74. The van der Waals surface area contributed by atoms with E-state index in [1.807, 2.05) is 20.9 Å². The number of pyridine rings is 1. The van der Waals surface area contributed by atoms with Crippen LogP contribution in [0.1, 0.15) is 41.8 Å². The van der Waals surface area contributed by atoms with Crippen LogP contribution in [0.5, 0.6) is 0 Å². The number of carbonyl (C=O) groups excluding carboxylic acids is 1. The third-order valence-corrected chi connectivity index (χ3v) is 6.27. The van der Waals surface area contributed by atoms with Gasteiger partial charge in [0.15, 0.2) is 0 Å². The second kappa shape index (κ2) is 10.2. The predicted octanol–water partition coefficient (Wildman–Crippen LogP) is 5.33. The van der Waals surface area contributed by atoms with Crippen molar-refractivity contribution in [3.05, 3.63) is 83.6 Å². The summed E-state index contributed by atoms with van der Waals surface area (Å²) in [5, 5.41) is 0. The molecule has 5 nitrogen and oxygen atoms in total. The topological polar surface area (TPSA) is 45.7 Å². The van der Waals surface area contributed by atoms with Gasteiger partial charge in [-0.1, -0.05) is 42.5 Å². The Morgan fingerprint density at radius 3 is 2.76 bits per heavy atom. The SMILES string of the molecule is Cc1ccccc1-c1cccc(CN2CC[C@@H](N(C)c3ncccc3C(=O)OC(C)C)C2)c1. The summed E-state index contributed by atoms with van der Waals surface area (Å²) in [5.74, 6) is 0.374. The Morgan fingerprint density at radius 1 is 1.15 bits per heavy atom. The number of benzene rings is 2. The lowest BCUT2D eigenvalue weighted by molar-refractivity contribution is 0.0378. The smallest absolute Gasteiger partial charge is 0.342 e. The summed E-state index contributed by atoms with van der Waals surface area (Å²) >= 11 is 0. The third kappa shape index (κ3) is 5.42. The Kier molecular flexibility index (Phi) is 7.09. The van der Waals surface area contributed by atoms with Crippen LogP contribution < -0.4 is 4.90 Å². The highest BCUT2D eigenvalue weighted by molar-refractivity contribution is 5.94. The number of aryl methyl sites for hydroxylation is 1. The lowest BCUT2D eigenvalue weighted by atomic mass is 9.99. The number of hydrogen-bond donors (Lipinski definition) is 0. The number of rotatable bonds is 7. The van der Waals surface area contributed by atoms with E-state index in [1.165, 1.54) is 22.3 Å². The van der Waals surface area contributed by atoms with Crippen LogP contribution in [0.2, 0.25) is 0 Å². The van der Waals surface area contributed by atoms with Crippen LogP contribution in [-0.2, 0) is 11.3 Å². The highest BCUT2D eigenvalue weighted by atomic mass is 16.5. The van der Waals surface area contributed by atoms with Crippen molar-refractivity contribution in [3.63, 3.8) is 0 Å². The largest absolute Gasteiger partial charge is 0.459 e. The number of likely N-dealkylation sites (N-methyl/N-ethyl adjacent to an activating group) is 1. The van der Waals surface area contributed by atoms with Gasteiger partial charge in [0.05, 0.1) is 6.10 Å². The molecule has 172 valence electrons. The number of aromatic nitrogens is 1. The fraction of sp³-hybridized carbons (Fsp3) is 0.357. The second-order valence-electron chi connectivity index (χ2n) is 9.13. The van der Waals surface area contributed by atoms with Gasteiger partial charge in [-0.15, -0.1) is 0 Å². The first-order valence-electron chi connectivity index (χ1n) is 11.7. The Morgan fingerprint density at radius 2 is 1.97 bits per heavy atom. The van der Waals surface area contributed by atoms with Crippen LogP contribution in [0.4, 0.5) is 5.82 Å². The first-order chi connectivity index (χ1) is 15.9. The van der Waals surface area contributed by atoms with Crippen molar-refractivity contribution in [3.8, 4) is 11.1 Å². The van der Waals surface area contributed by atoms with E-state index in [4.69, 9.17) is 4.74 Å². The molecule has 2 aromatic carbocycles. The number of hydrogen-bond acceptors (Lipinski definition) is 5. The summed E-state index contributed by atoms with van der Waals surface area (Å²) in [5.41, 5.74) is 5.69. The highest BCUT2D eigenvalue weighted by Gasteiger charge is 2.29. The number of ether oxygens (including phenoxy) is 1. The van der Waals surface area contributed by atoms with Gasteiger partial charge in [-0.25, -0.2) is 9.78 Å². The molecule has 4 rings (SSSR count). The minimum atomic E-state index is -0.317. The van der Waals surface area contributed by atoms with E-state index < -0.39 is 0 Å². The van der Waals surface area contributed by atoms with Gasteiger partial charge in [0.1, 0.15) is 11.4 Å². The van der Waals surface area contributed by atoms with Crippen LogP contribution in [0.3, 0.4) is 0 Å². The molecule has 5 heteroatoms. The normalized spacial score (nSPS) is 16.2. The maximum Gasteiger partial charge on any atom is 0.342 e. The summed E-state index contributed by atoms with van der Waals surface area (Å²) in [7, 11) is 2.03. The molecule has 1 aromatic heterocycles. The van der Waals surface area contributed by atoms with Crippen molar-refractivity contribution in [2.24, 2.45) is 0 Å². The standard InChI is InChI=1S/C28H33N3O2/c1-20(2)33-28(32)26-13-8-15-29-27(26)30(4)24-14-16-31(19-24)18-22-10-7-11-23(17-22)25-12-6-5-9-21(25)3/h5-13,15,17,20,24H,14,16,18-19H2,1-4H3/t24-/m1/s1. The predicted molar refractivity (Wildman–Crippen MR) is 133 cm³/mol. The highest BCUT2D eigenvalue weighted by Crippen LogP contribution is 2.27. The van der Waals surface area contributed by atoms with Gasteiger partial charge in [0, 0.05) is 38.9 Å². The van der Waals surface area contributed by atoms with Crippen molar-refractivity contribution >= 4 is 11.8 Å². The Labute approximate surface area is 197 Å². The summed E-state index contributed by atoms with van der Waals surface area (Å²) < 4.78 is 5.43. The van der Waals surface area contributed by atoms with Gasteiger partial charge in [-0.3, -0.25) is 4.90 Å². The summed E-state index contributed by atoms with van der Waals surface area (Å²) in [6.07, 6.45) is 2.61. The third-order valence-electron chi connectivity index (χ3n) is 6.27. The molecule has 3 aromatic rings. The lowest BCUT2D eigenvalue weighted by Crippen LogP contribution is -2.36. The average Bonchev–Trinajstić information content (AvgIpc) is 3.27. The van der Waals surface area contributed by atoms with Crippen LogP contribution in [0.15, 0.2) is 66.9 Å². The van der Waals surface area contributed by atoms with Crippen LogP contribution in [-0.4, -0.2) is 48.1 Å². The van der Waals surface area contributed by atoms with Gasteiger partial charge in [-0.05, 0) is 67.6 Å². The van der Waals surface area contributed by atoms with Crippen molar-refractivity contribution in [1.29, 1.82) is 0 Å². The fourth-order valence-corrected chi connectivity index (χ4v) is 4.55. The molecule has 0 radical (unpaired) electrons. The zero-order valence-electron chi connectivity index (χ0n) is 20.0. The van der Waals surface area contributed by atoms with Crippen molar-refractivity contribution in [1.82, 2.24) is 9.88 Å². The van der Waals surface area contributed by atoms with E-state index in [2.05, 4.69) is 70.2 Å². The molecule has 2 heterocycles. The van der Waals surface area contributed by atoms with E-state index in [0.717, 1.165) is 26.1 Å². The monoisotopic (exact) mass is 443 g/mol. The van der Waals surface area contributed by atoms with Crippen molar-refractivity contribution in [2.45, 2.75) is 45.9 Å². The van der Waals surface area contributed by atoms with Gasteiger partial charge >= 0.3 is 5.97 Å². The molecule has 0 bridgehead atoms. The minimum absolute atomic E-state index is 0.159. The van der Waals surface area contributed by atoms with Gasteiger partial charge in [0.25, 0.3) is 0 Å². The molecule has 0 N–H and O–H groups in total. The Bertz CT molecular complexity index is 1110. The molecule has 1 saturated heterocycles. The van der Waals surface area contributed by atoms with E-state index in [-0.39, 0.29) is 12.1 Å². The minimum Gasteiger partial charge on any atom is -0.459 e.